The third kappa shape index (κ3) is 5.03. The predicted octanol–water partition coefficient (Wildman–Crippen LogP) is 1.40. The molecule has 0 aromatic heterocycles. The van der Waals surface area contributed by atoms with Crippen LogP contribution in [0.15, 0.2) is 0 Å². The maximum atomic E-state index is 9.38. The van der Waals surface area contributed by atoms with Crippen molar-refractivity contribution in [3.8, 4) is 0 Å². The Morgan fingerprint density at radius 2 is 2.20 bits per heavy atom. The summed E-state index contributed by atoms with van der Waals surface area (Å²) in [7, 11) is 0. The lowest BCUT2D eigenvalue weighted by atomic mass is 10.1. The van der Waals surface area contributed by atoms with Crippen molar-refractivity contribution in [2.45, 2.75) is 25.9 Å². The van der Waals surface area contributed by atoms with E-state index in [0.717, 1.165) is 0 Å². The van der Waals surface area contributed by atoms with Crippen molar-refractivity contribution < 1.29 is 9.84 Å². The zero-order chi connectivity index (χ0) is 8.04. The summed E-state index contributed by atoms with van der Waals surface area (Å²) in [6, 6.07) is 0. The average molecular weight is 167 g/mol. The molecule has 0 amide bonds. The molecule has 0 aliphatic carbocycles. The molecule has 0 bridgehead atoms. The molecule has 0 saturated heterocycles. The molecule has 0 aliphatic rings. The lowest BCUT2D eigenvalue weighted by Gasteiger charge is -2.20. The van der Waals surface area contributed by atoms with E-state index in [0.29, 0.717) is 25.5 Å². The minimum Gasteiger partial charge on any atom is -0.388 e. The summed E-state index contributed by atoms with van der Waals surface area (Å²) in [6.45, 7) is 4.55. The van der Waals surface area contributed by atoms with Crippen LogP contribution in [0.3, 0.4) is 0 Å². The Hall–Kier alpha value is 0.210. The predicted molar refractivity (Wildman–Crippen MR) is 42.5 cm³/mol. The Kier molecular flexibility index (Phi) is 5.04. The Morgan fingerprint density at radius 1 is 1.60 bits per heavy atom. The van der Waals surface area contributed by atoms with E-state index in [2.05, 4.69) is 0 Å². The number of hydrogen-bond acceptors (Lipinski definition) is 2. The second-order valence-electron chi connectivity index (χ2n) is 2.59. The minimum atomic E-state index is -0.688. The summed E-state index contributed by atoms with van der Waals surface area (Å²) in [5, 5.41) is 9.38. The first-order chi connectivity index (χ1) is 4.62. The Labute approximate surface area is 67.1 Å². The molecule has 1 atom stereocenters. The molecule has 0 spiro atoms. The van der Waals surface area contributed by atoms with Crippen LogP contribution >= 0.6 is 11.6 Å². The topological polar surface area (TPSA) is 29.5 Å². The van der Waals surface area contributed by atoms with Crippen molar-refractivity contribution in [1.29, 1.82) is 0 Å². The second-order valence-corrected chi connectivity index (χ2v) is 2.97. The lowest BCUT2D eigenvalue weighted by molar-refractivity contribution is -0.0318. The third-order valence-electron chi connectivity index (χ3n) is 1.40. The quantitative estimate of drug-likeness (QED) is 0.494. The molecule has 0 aliphatic heterocycles. The van der Waals surface area contributed by atoms with E-state index in [4.69, 9.17) is 16.3 Å². The molecular weight excluding hydrogens is 152 g/mol. The van der Waals surface area contributed by atoms with Gasteiger partial charge in [-0.2, -0.15) is 0 Å². The monoisotopic (exact) mass is 166 g/mol. The highest BCUT2D eigenvalue weighted by Crippen LogP contribution is 2.07. The Balaban J connectivity index is 3.28. The molecule has 0 rings (SSSR count). The highest BCUT2D eigenvalue weighted by atomic mass is 35.5. The molecule has 10 heavy (non-hydrogen) atoms. The summed E-state index contributed by atoms with van der Waals surface area (Å²) in [6.07, 6.45) is 0.704. The highest BCUT2D eigenvalue weighted by molar-refractivity contribution is 6.17. The molecule has 0 aromatic carbocycles. The van der Waals surface area contributed by atoms with Gasteiger partial charge in [0.25, 0.3) is 0 Å². The fourth-order valence-corrected chi connectivity index (χ4v) is 0.558. The molecule has 3 heteroatoms. The van der Waals surface area contributed by atoms with Gasteiger partial charge in [-0.25, -0.2) is 0 Å². The van der Waals surface area contributed by atoms with Crippen LogP contribution in [-0.2, 0) is 4.74 Å². The van der Waals surface area contributed by atoms with Crippen LogP contribution in [0, 0.1) is 0 Å². The first-order valence-electron chi connectivity index (χ1n) is 3.48. The summed E-state index contributed by atoms with van der Waals surface area (Å²) in [5.74, 6) is 0.486. The molecule has 0 fully saturated rings. The maximum absolute atomic E-state index is 9.38. The van der Waals surface area contributed by atoms with Gasteiger partial charge in [-0.3, -0.25) is 0 Å². The van der Waals surface area contributed by atoms with Gasteiger partial charge in [-0.15, -0.1) is 11.6 Å². The summed E-state index contributed by atoms with van der Waals surface area (Å²) >= 11 is 5.37. The standard InChI is InChI=1S/C7H15ClO2/c1-3-7(2,9)6-10-5-4-8/h9H,3-6H2,1-2H3. The van der Waals surface area contributed by atoms with Crippen LogP contribution in [0.5, 0.6) is 0 Å². The number of ether oxygens (including phenoxy) is 1. The van der Waals surface area contributed by atoms with Crippen LogP contribution in [0.1, 0.15) is 20.3 Å². The molecular formula is C7H15ClO2. The van der Waals surface area contributed by atoms with E-state index in [1.807, 2.05) is 6.92 Å². The van der Waals surface area contributed by atoms with Gasteiger partial charge in [0.1, 0.15) is 0 Å². The van der Waals surface area contributed by atoms with Crippen molar-refractivity contribution in [3.63, 3.8) is 0 Å². The molecule has 62 valence electrons. The van der Waals surface area contributed by atoms with Crippen LogP contribution in [-0.4, -0.2) is 29.8 Å². The minimum absolute atomic E-state index is 0.371. The van der Waals surface area contributed by atoms with Gasteiger partial charge < -0.3 is 9.84 Å². The summed E-state index contributed by atoms with van der Waals surface area (Å²) in [4.78, 5) is 0. The fraction of sp³-hybridized carbons (Fsp3) is 1.00. The molecule has 0 radical (unpaired) electrons. The molecule has 2 nitrogen and oxygen atoms in total. The van der Waals surface area contributed by atoms with Crippen molar-refractivity contribution >= 4 is 11.6 Å². The number of aliphatic hydroxyl groups is 1. The van der Waals surface area contributed by atoms with Gasteiger partial charge in [-0.05, 0) is 13.3 Å². The van der Waals surface area contributed by atoms with Crippen LogP contribution in [0.2, 0.25) is 0 Å². The van der Waals surface area contributed by atoms with Crippen molar-refractivity contribution in [2.75, 3.05) is 19.1 Å². The average Bonchev–Trinajstić information content (AvgIpc) is 1.89. The number of hydrogen-bond donors (Lipinski definition) is 1. The Bertz CT molecular complexity index is 83.7. The third-order valence-corrected chi connectivity index (χ3v) is 1.55. The number of rotatable bonds is 5. The van der Waals surface area contributed by atoms with Crippen molar-refractivity contribution in [2.24, 2.45) is 0 Å². The maximum Gasteiger partial charge on any atom is 0.0849 e. The summed E-state index contributed by atoms with van der Waals surface area (Å²) < 4.78 is 5.06. The number of halogens is 1. The fourth-order valence-electron chi connectivity index (χ4n) is 0.449. The van der Waals surface area contributed by atoms with Crippen LogP contribution in [0.25, 0.3) is 0 Å². The van der Waals surface area contributed by atoms with E-state index >= 15 is 0 Å². The second kappa shape index (κ2) is 4.94. The zero-order valence-electron chi connectivity index (χ0n) is 6.56. The molecule has 1 N–H and O–H groups in total. The van der Waals surface area contributed by atoms with E-state index in [1.165, 1.54) is 0 Å². The first-order valence-corrected chi connectivity index (χ1v) is 4.02. The first kappa shape index (κ1) is 10.2. The smallest absolute Gasteiger partial charge is 0.0849 e. The van der Waals surface area contributed by atoms with E-state index in [-0.39, 0.29) is 0 Å². The summed E-state index contributed by atoms with van der Waals surface area (Å²) in [5.41, 5.74) is -0.688. The van der Waals surface area contributed by atoms with Gasteiger partial charge in [0.05, 0.1) is 18.8 Å². The van der Waals surface area contributed by atoms with Crippen LogP contribution in [0.4, 0.5) is 0 Å². The largest absolute Gasteiger partial charge is 0.388 e. The number of alkyl halides is 1. The molecule has 0 saturated carbocycles. The highest BCUT2D eigenvalue weighted by Gasteiger charge is 2.16. The normalized spacial score (nSPS) is 16.8. The SMILES string of the molecule is CCC(C)(O)COCCCl. The van der Waals surface area contributed by atoms with Gasteiger partial charge >= 0.3 is 0 Å². The van der Waals surface area contributed by atoms with Gasteiger partial charge in [0.2, 0.25) is 0 Å². The van der Waals surface area contributed by atoms with E-state index in [9.17, 15) is 5.11 Å². The molecule has 0 heterocycles. The molecule has 0 aromatic rings. The lowest BCUT2D eigenvalue weighted by Crippen LogP contribution is -2.29. The van der Waals surface area contributed by atoms with Gasteiger partial charge in [0.15, 0.2) is 0 Å². The van der Waals surface area contributed by atoms with Crippen LogP contribution < -0.4 is 0 Å². The van der Waals surface area contributed by atoms with Gasteiger partial charge in [0, 0.05) is 5.88 Å². The van der Waals surface area contributed by atoms with Gasteiger partial charge in [-0.1, -0.05) is 6.92 Å². The molecule has 1 unspecified atom stereocenters. The van der Waals surface area contributed by atoms with E-state index < -0.39 is 5.60 Å². The van der Waals surface area contributed by atoms with E-state index in [1.54, 1.807) is 6.92 Å². The zero-order valence-corrected chi connectivity index (χ0v) is 7.32. The Morgan fingerprint density at radius 3 is 2.60 bits per heavy atom. The van der Waals surface area contributed by atoms with Crippen molar-refractivity contribution in [1.82, 2.24) is 0 Å². The van der Waals surface area contributed by atoms with Crippen molar-refractivity contribution in [3.05, 3.63) is 0 Å².